The summed E-state index contributed by atoms with van der Waals surface area (Å²) in [5, 5.41) is 0. The summed E-state index contributed by atoms with van der Waals surface area (Å²) < 4.78 is 0. The van der Waals surface area contributed by atoms with Crippen LogP contribution in [-0.4, -0.2) is 17.4 Å². The number of rotatable bonds is 3. The van der Waals surface area contributed by atoms with Gasteiger partial charge in [0.15, 0.2) is 0 Å². The quantitative estimate of drug-likeness (QED) is 0.878. The van der Waals surface area contributed by atoms with Crippen LogP contribution in [0.4, 0.5) is 5.69 Å². The monoisotopic (exact) mass is 280 g/mol. The van der Waals surface area contributed by atoms with Crippen LogP contribution in [0.5, 0.6) is 0 Å². The molecule has 0 saturated carbocycles. The third-order valence-corrected chi connectivity index (χ3v) is 4.11. The molecule has 0 bridgehead atoms. The Morgan fingerprint density at radius 3 is 2.52 bits per heavy atom. The van der Waals surface area contributed by atoms with Gasteiger partial charge in [-0.15, -0.1) is 0 Å². The van der Waals surface area contributed by atoms with Gasteiger partial charge >= 0.3 is 0 Å². The van der Waals surface area contributed by atoms with E-state index in [0.29, 0.717) is 12.2 Å². The molecule has 0 unspecified atom stereocenters. The predicted octanol–water partition coefficient (Wildman–Crippen LogP) is 3.03. The van der Waals surface area contributed by atoms with E-state index in [9.17, 15) is 4.79 Å². The highest BCUT2D eigenvalue weighted by atomic mass is 16.2. The molecule has 0 radical (unpaired) electrons. The number of carbonyl (C=O) groups excluding carboxylic acids is 1. The number of aryl methyl sites for hydroxylation is 1. The van der Waals surface area contributed by atoms with E-state index in [1.165, 1.54) is 11.1 Å². The fourth-order valence-electron chi connectivity index (χ4n) is 2.79. The fraction of sp³-hybridized carbons (Fsp3) is 0.278. The molecule has 1 heterocycles. The molecule has 2 N–H and O–H groups in total. The maximum Gasteiger partial charge on any atom is 0.254 e. The van der Waals surface area contributed by atoms with Crippen molar-refractivity contribution in [2.24, 2.45) is 0 Å². The van der Waals surface area contributed by atoms with Crippen molar-refractivity contribution >= 4 is 11.6 Å². The third kappa shape index (κ3) is 2.77. The maximum atomic E-state index is 12.6. The molecular formula is C18H20N2O. The molecule has 1 aliphatic heterocycles. The first-order chi connectivity index (χ1) is 10.2. The summed E-state index contributed by atoms with van der Waals surface area (Å²) >= 11 is 0. The number of hydrogen-bond acceptors (Lipinski definition) is 2. The number of benzene rings is 2. The molecule has 1 amide bonds. The molecule has 0 saturated heterocycles. The van der Waals surface area contributed by atoms with Crippen LogP contribution in [-0.2, 0) is 19.4 Å². The number of amides is 1. The van der Waals surface area contributed by atoms with Crippen molar-refractivity contribution in [1.29, 1.82) is 0 Å². The van der Waals surface area contributed by atoms with E-state index < -0.39 is 0 Å². The van der Waals surface area contributed by atoms with E-state index in [-0.39, 0.29) is 5.91 Å². The number of hydrogen-bond donors (Lipinski definition) is 1. The normalized spacial score (nSPS) is 14.1. The molecule has 0 spiro atoms. The molecule has 0 aliphatic carbocycles. The van der Waals surface area contributed by atoms with Gasteiger partial charge in [0.25, 0.3) is 5.91 Å². The standard InChI is InChI=1S/C18H20N2O/c1-2-13-3-5-14(6-4-13)12-20-10-9-15-7-8-16(19)11-17(15)18(20)21/h3-8,11H,2,9-10,12,19H2,1H3. The van der Waals surface area contributed by atoms with Crippen LogP contribution in [0.2, 0.25) is 0 Å². The zero-order valence-corrected chi connectivity index (χ0v) is 12.3. The minimum Gasteiger partial charge on any atom is -0.399 e. The Kier molecular flexibility index (Phi) is 3.65. The molecule has 0 atom stereocenters. The fourth-order valence-corrected chi connectivity index (χ4v) is 2.79. The Hall–Kier alpha value is -2.29. The van der Waals surface area contributed by atoms with Gasteiger partial charge in [-0.3, -0.25) is 4.79 Å². The highest BCUT2D eigenvalue weighted by Gasteiger charge is 2.24. The van der Waals surface area contributed by atoms with Crippen molar-refractivity contribution in [1.82, 2.24) is 4.90 Å². The smallest absolute Gasteiger partial charge is 0.254 e. The summed E-state index contributed by atoms with van der Waals surface area (Å²) in [6, 6.07) is 14.1. The van der Waals surface area contributed by atoms with Crippen LogP contribution in [0.1, 0.15) is 34.0 Å². The molecular weight excluding hydrogens is 260 g/mol. The molecule has 0 fully saturated rings. The van der Waals surface area contributed by atoms with Crippen LogP contribution in [0, 0.1) is 0 Å². The second-order valence-corrected chi connectivity index (χ2v) is 5.56. The molecule has 108 valence electrons. The number of nitrogens with zero attached hydrogens (tertiary/aromatic N) is 1. The van der Waals surface area contributed by atoms with E-state index in [1.54, 1.807) is 6.07 Å². The van der Waals surface area contributed by atoms with Gasteiger partial charge in [0.05, 0.1) is 0 Å². The first kappa shape index (κ1) is 13.7. The molecule has 2 aromatic carbocycles. The number of nitrogens with two attached hydrogens (primary N) is 1. The van der Waals surface area contributed by atoms with Crippen molar-refractivity contribution < 1.29 is 4.79 Å². The lowest BCUT2D eigenvalue weighted by molar-refractivity contribution is 0.0727. The molecule has 3 rings (SSSR count). The second-order valence-electron chi connectivity index (χ2n) is 5.56. The molecule has 1 aliphatic rings. The van der Waals surface area contributed by atoms with Gasteiger partial charge in [-0.2, -0.15) is 0 Å². The predicted molar refractivity (Wildman–Crippen MR) is 85.1 cm³/mol. The molecule has 21 heavy (non-hydrogen) atoms. The van der Waals surface area contributed by atoms with Gasteiger partial charge < -0.3 is 10.6 Å². The van der Waals surface area contributed by atoms with Gasteiger partial charge in [0, 0.05) is 24.3 Å². The maximum absolute atomic E-state index is 12.6. The summed E-state index contributed by atoms with van der Waals surface area (Å²) in [4.78, 5) is 14.5. The molecule has 0 aromatic heterocycles. The second kappa shape index (κ2) is 5.60. The summed E-state index contributed by atoms with van der Waals surface area (Å²) in [5.41, 5.74) is 10.8. The number of fused-ring (bicyclic) bond motifs is 1. The van der Waals surface area contributed by atoms with Crippen LogP contribution < -0.4 is 5.73 Å². The van der Waals surface area contributed by atoms with Crippen molar-refractivity contribution in [3.63, 3.8) is 0 Å². The highest BCUT2D eigenvalue weighted by molar-refractivity contribution is 5.97. The van der Waals surface area contributed by atoms with Crippen molar-refractivity contribution in [3.8, 4) is 0 Å². The Morgan fingerprint density at radius 1 is 1.10 bits per heavy atom. The van der Waals surface area contributed by atoms with Crippen LogP contribution >= 0.6 is 0 Å². The topological polar surface area (TPSA) is 46.3 Å². The number of carbonyl (C=O) groups is 1. The number of nitrogen functional groups attached to an aromatic ring is 1. The highest BCUT2D eigenvalue weighted by Crippen LogP contribution is 2.22. The first-order valence-electron chi connectivity index (χ1n) is 7.43. The molecule has 2 aromatic rings. The Labute approximate surface area is 125 Å². The van der Waals surface area contributed by atoms with Gasteiger partial charge in [0.2, 0.25) is 0 Å². The van der Waals surface area contributed by atoms with E-state index in [0.717, 1.165) is 30.5 Å². The summed E-state index contributed by atoms with van der Waals surface area (Å²) in [5.74, 6) is 0.0862. The van der Waals surface area contributed by atoms with Crippen molar-refractivity contribution in [2.45, 2.75) is 26.3 Å². The first-order valence-corrected chi connectivity index (χ1v) is 7.43. The van der Waals surface area contributed by atoms with Crippen LogP contribution in [0.15, 0.2) is 42.5 Å². The van der Waals surface area contributed by atoms with E-state index in [1.807, 2.05) is 17.0 Å². The minimum absolute atomic E-state index is 0.0862. The van der Waals surface area contributed by atoms with Crippen LogP contribution in [0.25, 0.3) is 0 Å². The van der Waals surface area contributed by atoms with Gasteiger partial charge in [-0.1, -0.05) is 37.3 Å². The molecule has 3 heteroatoms. The lowest BCUT2D eigenvalue weighted by Gasteiger charge is -2.29. The zero-order valence-electron chi connectivity index (χ0n) is 12.3. The largest absolute Gasteiger partial charge is 0.399 e. The third-order valence-electron chi connectivity index (χ3n) is 4.11. The zero-order chi connectivity index (χ0) is 14.8. The average Bonchev–Trinajstić information content (AvgIpc) is 2.51. The minimum atomic E-state index is 0.0862. The summed E-state index contributed by atoms with van der Waals surface area (Å²) in [7, 11) is 0. The summed E-state index contributed by atoms with van der Waals surface area (Å²) in [6.45, 7) is 3.58. The van der Waals surface area contributed by atoms with Gasteiger partial charge in [-0.05, 0) is 41.7 Å². The van der Waals surface area contributed by atoms with E-state index in [4.69, 9.17) is 5.73 Å². The molecule has 3 nitrogen and oxygen atoms in total. The summed E-state index contributed by atoms with van der Waals surface area (Å²) in [6.07, 6.45) is 1.93. The SMILES string of the molecule is CCc1ccc(CN2CCc3ccc(N)cc3C2=O)cc1. The average molecular weight is 280 g/mol. The van der Waals surface area contributed by atoms with E-state index in [2.05, 4.69) is 31.2 Å². The van der Waals surface area contributed by atoms with Gasteiger partial charge in [0.1, 0.15) is 0 Å². The van der Waals surface area contributed by atoms with Crippen molar-refractivity contribution in [3.05, 3.63) is 64.7 Å². The lowest BCUT2D eigenvalue weighted by Crippen LogP contribution is -2.37. The van der Waals surface area contributed by atoms with Crippen molar-refractivity contribution in [2.75, 3.05) is 12.3 Å². The number of anilines is 1. The van der Waals surface area contributed by atoms with Crippen LogP contribution in [0.3, 0.4) is 0 Å². The van der Waals surface area contributed by atoms with E-state index >= 15 is 0 Å². The van der Waals surface area contributed by atoms with Gasteiger partial charge in [-0.25, -0.2) is 0 Å². The Morgan fingerprint density at radius 2 is 1.81 bits per heavy atom. The Balaban J connectivity index is 1.79. The lowest BCUT2D eigenvalue weighted by atomic mass is 9.98. The Bertz CT molecular complexity index is 661.